The first-order valence-electron chi connectivity index (χ1n) is 7.79. The van der Waals surface area contributed by atoms with Crippen LogP contribution in [0.5, 0.6) is 0 Å². The van der Waals surface area contributed by atoms with Gasteiger partial charge in [-0.15, -0.1) is 0 Å². The summed E-state index contributed by atoms with van der Waals surface area (Å²) in [6, 6.07) is 0.799. The summed E-state index contributed by atoms with van der Waals surface area (Å²) >= 11 is 0. The van der Waals surface area contributed by atoms with E-state index in [0.717, 1.165) is 6.04 Å². The van der Waals surface area contributed by atoms with Crippen molar-refractivity contribution >= 4 is 0 Å². The summed E-state index contributed by atoms with van der Waals surface area (Å²) in [6.07, 6.45) is 11.4. The van der Waals surface area contributed by atoms with Crippen LogP contribution in [0.3, 0.4) is 0 Å². The predicted molar refractivity (Wildman–Crippen MR) is 76.5 cm³/mol. The Kier molecular flexibility index (Phi) is 8.72. The van der Waals surface area contributed by atoms with Crippen LogP contribution >= 0.6 is 0 Å². The normalized spacial score (nSPS) is 19.4. The number of nitrogens with one attached hydrogen (secondary N) is 1. The van der Waals surface area contributed by atoms with E-state index >= 15 is 0 Å². The highest BCUT2D eigenvalue weighted by atomic mass is 15.2. The van der Waals surface area contributed by atoms with E-state index in [1.54, 1.807) is 0 Å². The fraction of sp³-hybridized carbons (Fsp3) is 1.00. The zero-order valence-electron chi connectivity index (χ0n) is 12.0. The van der Waals surface area contributed by atoms with Gasteiger partial charge in [0.1, 0.15) is 0 Å². The molecule has 17 heavy (non-hydrogen) atoms. The molecule has 0 radical (unpaired) electrons. The molecule has 1 heterocycles. The van der Waals surface area contributed by atoms with Crippen molar-refractivity contribution < 1.29 is 0 Å². The van der Waals surface area contributed by atoms with Crippen molar-refractivity contribution in [2.45, 2.75) is 71.3 Å². The minimum Gasteiger partial charge on any atom is -0.314 e. The van der Waals surface area contributed by atoms with Gasteiger partial charge in [0, 0.05) is 32.2 Å². The molecule has 1 rings (SSSR count). The van der Waals surface area contributed by atoms with Crippen LogP contribution in [0, 0.1) is 0 Å². The van der Waals surface area contributed by atoms with Crippen LogP contribution in [0.25, 0.3) is 0 Å². The maximum Gasteiger partial charge on any atom is 0.0110 e. The number of unbranched alkanes of at least 4 members (excludes halogenated alkanes) is 6. The molecule has 1 unspecified atom stereocenters. The van der Waals surface area contributed by atoms with Gasteiger partial charge in [0.15, 0.2) is 0 Å². The molecular weight excluding hydrogens is 208 g/mol. The second kappa shape index (κ2) is 9.90. The molecule has 0 amide bonds. The first-order chi connectivity index (χ1) is 8.34. The van der Waals surface area contributed by atoms with E-state index in [0.29, 0.717) is 0 Å². The van der Waals surface area contributed by atoms with E-state index in [4.69, 9.17) is 0 Å². The number of hydrogen-bond donors (Lipinski definition) is 1. The molecule has 2 heteroatoms. The SMILES string of the molecule is CCCCCCCCCC(C)N1CCNCC1. The van der Waals surface area contributed by atoms with Gasteiger partial charge in [-0.05, 0) is 13.3 Å². The average Bonchev–Trinajstić information content (AvgIpc) is 2.38. The van der Waals surface area contributed by atoms with Gasteiger partial charge in [0.2, 0.25) is 0 Å². The fourth-order valence-corrected chi connectivity index (χ4v) is 2.70. The second-order valence-corrected chi connectivity index (χ2v) is 5.54. The summed E-state index contributed by atoms with van der Waals surface area (Å²) in [6.45, 7) is 9.55. The largest absolute Gasteiger partial charge is 0.314 e. The summed E-state index contributed by atoms with van der Waals surface area (Å²) < 4.78 is 0. The molecule has 1 saturated heterocycles. The van der Waals surface area contributed by atoms with Crippen molar-refractivity contribution in [2.24, 2.45) is 0 Å². The molecule has 0 bridgehead atoms. The molecule has 0 aromatic rings. The van der Waals surface area contributed by atoms with Gasteiger partial charge in [-0.1, -0.05) is 51.9 Å². The second-order valence-electron chi connectivity index (χ2n) is 5.54. The first kappa shape index (κ1) is 15.0. The van der Waals surface area contributed by atoms with Gasteiger partial charge >= 0.3 is 0 Å². The number of piperazine rings is 1. The van der Waals surface area contributed by atoms with Crippen molar-refractivity contribution in [1.29, 1.82) is 0 Å². The highest BCUT2D eigenvalue weighted by Gasteiger charge is 2.15. The van der Waals surface area contributed by atoms with E-state index in [1.807, 2.05) is 0 Å². The molecule has 102 valence electrons. The van der Waals surface area contributed by atoms with Gasteiger partial charge < -0.3 is 5.32 Å². The lowest BCUT2D eigenvalue weighted by Crippen LogP contribution is -2.47. The Morgan fingerprint density at radius 3 is 2.18 bits per heavy atom. The molecule has 0 aliphatic carbocycles. The van der Waals surface area contributed by atoms with Crippen molar-refractivity contribution in [1.82, 2.24) is 10.2 Å². The Balaban J connectivity index is 1.90. The van der Waals surface area contributed by atoms with E-state index in [1.165, 1.54) is 77.5 Å². The van der Waals surface area contributed by atoms with Crippen LogP contribution in [0.4, 0.5) is 0 Å². The quantitative estimate of drug-likeness (QED) is 0.621. The Bertz CT molecular complexity index is 164. The molecule has 2 nitrogen and oxygen atoms in total. The molecule has 0 spiro atoms. The number of hydrogen-bond acceptors (Lipinski definition) is 2. The van der Waals surface area contributed by atoms with E-state index < -0.39 is 0 Å². The topological polar surface area (TPSA) is 15.3 Å². The van der Waals surface area contributed by atoms with Crippen molar-refractivity contribution in [3.8, 4) is 0 Å². The van der Waals surface area contributed by atoms with Crippen LogP contribution in [0.1, 0.15) is 65.2 Å². The lowest BCUT2D eigenvalue weighted by atomic mass is 10.0. The standard InChI is InChI=1S/C15H32N2/c1-3-4-5-6-7-8-9-10-15(2)17-13-11-16-12-14-17/h15-16H,3-14H2,1-2H3. The van der Waals surface area contributed by atoms with Gasteiger partial charge in [0.25, 0.3) is 0 Å². The molecule has 0 saturated carbocycles. The van der Waals surface area contributed by atoms with Gasteiger partial charge in [-0.3, -0.25) is 4.90 Å². The monoisotopic (exact) mass is 240 g/mol. The lowest BCUT2D eigenvalue weighted by Gasteiger charge is -2.32. The molecule has 1 aliphatic heterocycles. The Morgan fingerprint density at radius 2 is 1.53 bits per heavy atom. The third-order valence-electron chi connectivity index (χ3n) is 4.00. The Hall–Kier alpha value is -0.0800. The fourth-order valence-electron chi connectivity index (χ4n) is 2.70. The summed E-state index contributed by atoms with van der Waals surface area (Å²) in [4.78, 5) is 2.65. The first-order valence-corrected chi connectivity index (χ1v) is 7.79. The maximum absolute atomic E-state index is 3.42. The van der Waals surface area contributed by atoms with Crippen molar-refractivity contribution in [3.05, 3.63) is 0 Å². The molecule has 1 fully saturated rings. The van der Waals surface area contributed by atoms with Gasteiger partial charge in [-0.2, -0.15) is 0 Å². The van der Waals surface area contributed by atoms with E-state index in [9.17, 15) is 0 Å². The number of rotatable bonds is 9. The predicted octanol–water partition coefficient (Wildman–Crippen LogP) is 3.42. The van der Waals surface area contributed by atoms with Crippen molar-refractivity contribution in [2.75, 3.05) is 26.2 Å². The smallest absolute Gasteiger partial charge is 0.0110 e. The third-order valence-corrected chi connectivity index (χ3v) is 4.00. The summed E-state index contributed by atoms with van der Waals surface area (Å²) in [5, 5.41) is 3.42. The lowest BCUT2D eigenvalue weighted by molar-refractivity contribution is 0.174. The third kappa shape index (κ3) is 7.05. The van der Waals surface area contributed by atoms with Gasteiger partial charge in [0.05, 0.1) is 0 Å². The molecule has 1 aliphatic rings. The molecule has 1 atom stereocenters. The molecule has 0 aromatic heterocycles. The summed E-state index contributed by atoms with van der Waals surface area (Å²) in [7, 11) is 0. The molecular formula is C15H32N2. The average molecular weight is 240 g/mol. The molecule has 1 N–H and O–H groups in total. The highest BCUT2D eigenvalue weighted by molar-refractivity contribution is 4.73. The Labute approximate surface area is 108 Å². The van der Waals surface area contributed by atoms with E-state index in [2.05, 4.69) is 24.1 Å². The summed E-state index contributed by atoms with van der Waals surface area (Å²) in [5.41, 5.74) is 0. The summed E-state index contributed by atoms with van der Waals surface area (Å²) in [5.74, 6) is 0. The minimum absolute atomic E-state index is 0.799. The minimum atomic E-state index is 0.799. The van der Waals surface area contributed by atoms with Crippen LogP contribution in [-0.2, 0) is 0 Å². The van der Waals surface area contributed by atoms with Gasteiger partial charge in [-0.25, -0.2) is 0 Å². The maximum atomic E-state index is 3.42. The Morgan fingerprint density at radius 1 is 0.941 bits per heavy atom. The van der Waals surface area contributed by atoms with Crippen LogP contribution in [0.2, 0.25) is 0 Å². The van der Waals surface area contributed by atoms with E-state index in [-0.39, 0.29) is 0 Å². The zero-order chi connectivity index (χ0) is 12.3. The highest BCUT2D eigenvalue weighted by Crippen LogP contribution is 2.12. The van der Waals surface area contributed by atoms with Crippen LogP contribution < -0.4 is 5.32 Å². The van der Waals surface area contributed by atoms with Crippen molar-refractivity contribution in [3.63, 3.8) is 0 Å². The van der Waals surface area contributed by atoms with Crippen LogP contribution in [-0.4, -0.2) is 37.1 Å². The number of nitrogens with zero attached hydrogens (tertiary/aromatic N) is 1. The molecule has 0 aromatic carbocycles. The zero-order valence-corrected chi connectivity index (χ0v) is 12.0. The van der Waals surface area contributed by atoms with Crippen LogP contribution in [0.15, 0.2) is 0 Å².